The van der Waals surface area contributed by atoms with Crippen LogP contribution in [0.3, 0.4) is 0 Å². The van der Waals surface area contributed by atoms with Crippen LogP contribution in [0.5, 0.6) is 0 Å². The Balaban J connectivity index is 2.66. The monoisotopic (exact) mass is 402 g/mol. The van der Waals surface area contributed by atoms with Crippen LogP contribution in [-0.4, -0.2) is 14.3 Å². The van der Waals surface area contributed by atoms with E-state index in [9.17, 15) is 13.2 Å². The number of carbonyl (C=O) groups is 1. The van der Waals surface area contributed by atoms with E-state index in [0.717, 1.165) is 0 Å². The molecule has 0 radical (unpaired) electrons. The van der Waals surface area contributed by atoms with Gasteiger partial charge in [0, 0.05) is 9.50 Å². The summed E-state index contributed by atoms with van der Waals surface area (Å²) in [4.78, 5) is 11.7. The van der Waals surface area contributed by atoms with Gasteiger partial charge in [0.2, 0.25) is 15.9 Å². The predicted molar refractivity (Wildman–Crippen MR) is 88.0 cm³/mol. The highest BCUT2D eigenvalue weighted by molar-refractivity contribution is 9.10. The number of amides is 1. The second-order valence-corrected chi connectivity index (χ2v) is 7.38. The van der Waals surface area contributed by atoms with E-state index < -0.39 is 21.8 Å². The van der Waals surface area contributed by atoms with Crippen molar-refractivity contribution in [3.05, 3.63) is 63.1 Å². The third-order valence-electron chi connectivity index (χ3n) is 3.10. The maximum atomic E-state index is 11.9. The van der Waals surface area contributed by atoms with Crippen molar-refractivity contribution in [2.45, 2.75) is 10.8 Å². The van der Waals surface area contributed by atoms with Gasteiger partial charge in [-0.1, -0.05) is 35.9 Å². The van der Waals surface area contributed by atoms with Gasteiger partial charge in [0.05, 0.1) is 10.8 Å². The molecule has 0 saturated heterocycles. The first-order valence-corrected chi connectivity index (χ1v) is 8.79. The fourth-order valence-electron chi connectivity index (χ4n) is 2.12. The largest absolute Gasteiger partial charge is 0.369 e. The number of carbonyl (C=O) groups excluding carboxylic acids is 1. The lowest BCUT2D eigenvalue weighted by Crippen LogP contribution is -2.23. The summed E-state index contributed by atoms with van der Waals surface area (Å²) in [5.41, 5.74) is 6.37. The summed E-state index contributed by atoms with van der Waals surface area (Å²) in [6.07, 6.45) is 0. The Morgan fingerprint density at radius 3 is 2.36 bits per heavy atom. The minimum Gasteiger partial charge on any atom is -0.369 e. The molecule has 1 amide bonds. The number of nitrogens with two attached hydrogens (primary N) is 2. The second kappa shape index (κ2) is 6.37. The SMILES string of the molecule is NC(=O)C(c1ccc(Br)c(S(N)(=O)=O)c1)c1ccccc1Cl. The van der Waals surface area contributed by atoms with E-state index in [1.165, 1.54) is 12.1 Å². The molecule has 2 rings (SSSR count). The van der Waals surface area contributed by atoms with Crippen molar-refractivity contribution in [1.29, 1.82) is 0 Å². The van der Waals surface area contributed by atoms with E-state index in [1.807, 2.05) is 0 Å². The fourth-order valence-corrected chi connectivity index (χ4v) is 3.93. The smallest absolute Gasteiger partial charge is 0.239 e. The zero-order chi connectivity index (χ0) is 16.5. The molecule has 0 aliphatic carbocycles. The van der Waals surface area contributed by atoms with Crippen molar-refractivity contribution in [2.75, 3.05) is 0 Å². The molecule has 0 aliphatic heterocycles. The zero-order valence-electron chi connectivity index (χ0n) is 11.2. The minimum atomic E-state index is -3.94. The Kier molecular flexibility index (Phi) is 4.91. The molecule has 8 heteroatoms. The summed E-state index contributed by atoms with van der Waals surface area (Å²) in [6, 6.07) is 11.2. The van der Waals surface area contributed by atoms with E-state index in [4.69, 9.17) is 22.5 Å². The van der Waals surface area contributed by atoms with Crippen molar-refractivity contribution in [1.82, 2.24) is 0 Å². The van der Waals surface area contributed by atoms with Crippen LogP contribution in [0.4, 0.5) is 0 Å². The van der Waals surface area contributed by atoms with Gasteiger partial charge < -0.3 is 5.73 Å². The topological polar surface area (TPSA) is 103 Å². The number of primary amides is 1. The average molecular weight is 404 g/mol. The normalized spacial score (nSPS) is 12.9. The molecule has 0 heterocycles. The van der Waals surface area contributed by atoms with Crippen LogP contribution in [0.15, 0.2) is 51.8 Å². The molecule has 0 aromatic heterocycles. The highest BCUT2D eigenvalue weighted by Crippen LogP contribution is 2.33. The molecule has 22 heavy (non-hydrogen) atoms. The standard InChI is InChI=1S/C14H12BrClN2O3S/c15-10-6-5-8(7-12(10)22(18,20)21)13(14(17)19)9-3-1-2-4-11(9)16/h1-7,13H,(H2,17,19)(H2,18,20,21). The second-order valence-electron chi connectivity index (χ2n) is 4.59. The molecule has 0 spiro atoms. The Labute approximate surface area is 141 Å². The van der Waals surface area contributed by atoms with Gasteiger partial charge >= 0.3 is 0 Å². The lowest BCUT2D eigenvalue weighted by molar-refractivity contribution is -0.118. The summed E-state index contributed by atoms with van der Waals surface area (Å²) in [6.45, 7) is 0. The van der Waals surface area contributed by atoms with Crippen LogP contribution >= 0.6 is 27.5 Å². The van der Waals surface area contributed by atoms with Gasteiger partial charge in [0.1, 0.15) is 0 Å². The van der Waals surface area contributed by atoms with E-state index in [2.05, 4.69) is 15.9 Å². The van der Waals surface area contributed by atoms with Crippen LogP contribution in [-0.2, 0) is 14.8 Å². The van der Waals surface area contributed by atoms with Gasteiger partial charge in [-0.3, -0.25) is 4.79 Å². The molecule has 1 unspecified atom stereocenters. The number of hydrogen-bond donors (Lipinski definition) is 2. The maximum Gasteiger partial charge on any atom is 0.239 e. The third-order valence-corrected chi connectivity index (χ3v) is 5.34. The molecule has 116 valence electrons. The van der Waals surface area contributed by atoms with Gasteiger partial charge in [-0.05, 0) is 45.3 Å². The summed E-state index contributed by atoms with van der Waals surface area (Å²) >= 11 is 9.24. The van der Waals surface area contributed by atoms with Gasteiger partial charge in [-0.25, -0.2) is 13.6 Å². The Bertz CT molecular complexity index is 840. The fraction of sp³-hybridized carbons (Fsp3) is 0.0714. The minimum absolute atomic E-state index is 0.122. The number of rotatable bonds is 4. The number of halogens is 2. The highest BCUT2D eigenvalue weighted by atomic mass is 79.9. The van der Waals surface area contributed by atoms with Crippen molar-refractivity contribution >= 4 is 43.5 Å². The number of hydrogen-bond acceptors (Lipinski definition) is 3. The molecular formula is C14H12BrClN2O3S. The van der Waals surface area contributed by atoms with Crippen LogP contribution in [0.2, 0.25) is 5.02 Å². The van der Waals surface area contributed by atoms with Crippen LogP contribution in [0.25, 0.3) is 0 Å². The van der Waals surface area contributed by atoms with E-state index in [-0.39, 0.29) is 4.90 Å². The molecule has 4 N–H and O–H groups in total. The summed E-state index contributed by atoms with van der Waals surface area (Å²) in [5.74, 6) is -1.52. The van der Waals surface area contributed by atoms with E-state index in [1.54, 1.807) is 30.3 Å². The van der Waals surface area contributed by atoms with E-state index >= 15 is 0 Å². The molecule has 0 fully saturated rings. The van der Waals surface area contributed by atoms with Gasteiger partial charge in [-0.15, -0.1) is 0 Å². The van der Waals surface area contributed by atoms with Crippen LogP contribution in [0.1, 0.15) is 17.0 Å². The van der Waals surface area contributed by atoms with Gasteiger partial charge in [0.25, 0.3) is 0 Å². The lowest BCUT2D eigenvalue weighted by atomic mass is 9.91. The molecule has 2 aromatic rings. The zero-order valence-corrected chi connectivity index (χ0v) is 14.3. The molecule has 1 atom stereocenters. The number of sulfonamides is 1. The maximum absolute atomic E-state index is 11.9. The Hall–Kier alpha value is -1.41. The Morgan fingerprint density at radius 1 is 1.18 bits per heavy atom. The van der Waals surface area contributed by atoms with E-state index in [0.29, 0.717) is 20.6 Å². The molecule has 0 saturated carbocycles. The van der Waals surface area contributed by atoms with Crippen molar-refractivity contribution in [2.24, 2.45) is 10.9 Å². The first-order chi connectivity index (χ1) is 10.2. The van der Waals surface area contributed by atoms with Gasteiger partial charge in [0.15, 0.2) is 0 Å². The summed E-state index contributed by atoms with van der Waals surface area (Å²) in [5, 5.41) is 5.54. The summed E-state index contributed by atoms with van der Waals surface area (Å²) < 4.78 is 23.5. The van der Waals surface area contributed by atoms with Crippen molar-refractivity contribution in [3.63, 3.8) is 0 Å². The molecule has 0 aliphatic rings. The molecule has 5 nitrogen and oxygen atoms in total. The molecule has 2 aromatic carbocycles. The predicted octanol–water partition coefficient (Wildman–Crippen LogP) is 2.37. The highest BCUT2D eigenvalue weighted by Gasteiger charge is 2.24. The lowest BCUT2D eigenvalue weighted by Gasteiger charge is -2.17. The number of benzene rings is 2. The van der Waals surface area contributed by atoms with Crippen LogP contribution < -0.4 is 10.9 Å². The van der Waals surface area contributed by atoms with Crippen molar-refractivity contribution in [3.8, 4) is 0 Å². The first kappa shape index (κ1) is 17.0. The molecular weight excluding hydrogens is 392 g/mol. The molecule has 0 bridgehead atoms. The van der Waals surface area contributed by atoms with Crippen molar-refractivity contribution < 1.29 is 13.2 Å². The third kappa shape index (κ3) is 3.49. The van der Waals surface area contributed by atoms with Crippen LogP contribution in [0, 0.1) is 0 Å². The Morgan fingerprint density at radius 2 is 1.82 bits per heavy atom. The average Bonchev–Trinajstić information content (AvgIpc) is 2.41. The van der Waals surface area contributed by atoms with Gasteiger partial charge in [-0.2, -0.15) is 0 Å². The number of primary sulfonamides is 1. The first-order valence-electron chi connectivity index (χ1n) is 6.08. The summed E-state index contributed by atoms with van der Waals surface area (Å²) in [7, 11) is -3.94. The quantitative estimate of drug-likeness (QED) is 0.819.